The monoisotopic (exact) mass is 339 g/mol. The molecule has 1 amide bonds. The molecule has 0 radical (unpaired) electrons. The Morgan fingerprint density at radius 2 is 1.91 bits per heavy atom. The molecule has 1 aliphatic heterocycles. The zero-order valence-electron chi connectivity index (χ0n) is 12.2. The van der Waals surface area contributed by atoms with Gasteiger partial charge in [-0.1, -0.05) is 18.2 Å². The highest BCUT2D eigenvalue weighted by Crippen LogP contribution is 2.23. The summed E-state index contributed by atoms with van der Waals surface area (Å²) in [6.07, 6.45) is 0. The van der Waals surface area contributed by atoms with E-state index in [1.54, 1.807) is 11.8 Å². The highest BCUT2D eigenvalue weighted by Gasteiger charge is 2.29. The summed E-state index contributed by atoms with van der Waals surface area (Å²) >= 11 is 1.31. The Balaban J connectivity index is 1.75. The maximum absolute atomic E-state index is 12.6. The van der Waals surface area contributed by atoms with E-state index in [0.29, 0.717) is 31.9 Å². The first-order chi connectivity index (χ1) is 10.5. The van der Waals surface area contributed by atoms with Crippen LogP contribution < -0.4 is 0 Å². The largest absolute Gasteiger partial charge is 0.335 e. The predicted molar refractivity (Wildman–Crippen MR) is 86.6 cm³/mol. The van der Waals surface area contributed by atoms with Crippen LogP contribution in [0.5, 0.6) is 0 Å². The standard InChI is InChI=1S/C14H17N3O3S2/c1-2-22(19,20)17-9-7-16(8-10-17)14(18)13-11-5-3-4-6-12(11)21-15-13/h3-6H,2,7-10H2,1H3. The number of benzene rings is 1. The van der Waals surface area contributed by atoms with E-state index in [-0.39, 0.29) is 11.7 Å². The van der Waals surface area contributed by atoms with Gasteiger partial charge in [0.15, 0.2) is 0 Å². The third-order valence-corrected chi connectivity index (χ3v) is 6.57. The average Bonchev–Trinajstić information content (AvgIpc) is 2.98. The van der Waals surface area contributed by atoms with Gasteiger partial charge in [0.2, 0.25) is 10.0 Å². The molecule has 2 aromatic rings. The Kier molecular flexibility index (Phi) is 4.16. The SMILES string of the molecule is CCS(=O)(=O)N1CCN(C(=O)c2nsc3ccccc23)CC1. The Labute approximate surface area is 133 Å². The van der Waals surface area contributed by atoms with Crippen molar-refractivity contribution in [2.75, 3.05) is 31.9 Å². The van der Waals surface area contributed by atoms with E-state index in [2.05, 4.69) is 4.37 Å². The molecular weight excluding hydrogens is 322 g/mol. The van der Waals surface area contributed by atoms with E-state index in [0.717, 1.165) is 10.1 Å². The van der Waals surface area contributed by atoms with Gasteiger partial charge in [0.25, 0.3) is 5.91 Å². The molecule has 0 aliphatic carbocycles. The lowest BCUT2D eigenvalue weighted by molar-refractivity contribution is 0.0695. The Hall–Kier alpha value is -1.51. The number of hydrogen-bond acceptors (Lipinski definition) is 5. The molecular formula is C14H17N3O3S2. The molecule has 1 aromatic heterocycles. The van der Waals surface area contributed by atoms with E-state index in [4.69, 9.17) is 0 Å². The second kappa shape index (κ2) is 5.94. The molecule has 22 heavy (non-hydrogen) atoms. The van der Waals surface area contributed by atoms with Crippen LogP contribution in [0.2, 0.25) is 0 Å². The smallest absolute Gasteiger partial charge is 0.274 e. The second-order valence-corrected chi connectivity index (χ2v) is 8.18. The summed E-state index contributed by atoms with van der Waals surface area (Å²) in [7, 11) is -3.18. The van der Waals surface area contributed by atoms with E-state index in [9.17, 15) is 13.2 Å². The van der Waals surface area contributed by atoms with Crippen molar-refractivity contribution in [3.63, 3.8) is 0 Å². The number of sulfonamides is 1. The number of nitrogens with zero attached hydrogens (tertiary/aromatic N) is 3. The first-order valence-electron chi connectivity index (χ1n) is 7.14. The number of amides is 1. The van der Waals surface area contributed by atoms with Gasteiger partial charge in [-0.25, -0.2) is 8.42 Å². The van der Waals surface area contributed by atoms with Gasteiger partial charge in [-0.2, -0.15) is 8.68 Å². The van der Waals surface area contributed by atoms with Crippen LogP contribution in [0.4, 0.5) is 0 Å². The van der Waals surface area contributed by atoms with Crippen molar-refractivity contribution >= 4 is 37.5 Å². The minimum absolute atomic E-state index is 0.0949. The number of fused-ring (bicyclic) bond motifs is 1. The molecule has 0 atom stereocenters. The van der Waals surface area contributed by atoms with E-state index in [1.165, 1.54) is 15.8 Å². The van der Waals surface area contributed by atoms with Gasteiger partial charge in [0.05, 0.1) is 10.5 Å². The number of rotatable bonds is 3. The van der Waals surface area contributed by atoms with Gasteiger partial charge in [-0.15, -0.1) is 0 Å². The molecule has 6 nitrogen and oxygen atoms in total. The molecule has 1 aliphatic rings. The van der Waals surface area contributed by atoms with Crippen molar-refractivity contribution in [3.05, 3.63) is 30.0 Å². The maximum atomic E-state index is 12.6. The van der Waals surface area contributed by atoms with Gasteiger partial charge >= 0.3 is 0 Å². The highest BCUT2D eigenvalue weighted by molar-refractivity contribution is 7.89. The normalized spacial score (nSPS) is 17.0. The number of carbonyl (C=O) groups is 1. The molecule has 0 unspecified atom stereocenters. The fraction of sp³-hybridized carbons (Fsp3) is 0.429. The third kappa shape index (κ3) is 2.73. The highest BCUT2D eigenvalue weighted by atomic mass is 32.2. The molecule has 118 valence electrons. The molecule has 1 saturated heterocycles. The minimum Gasteiger partial charge on any atom is -0.335 e. The first kappa shape index (κ1) is 15.4. The molecule has 8 heteroatoms. The molecule has 1 aromatic carbocycles. The van der Waals surface area contributed by atoms with Gasteiger partial charge in [-0.3, -0.25) is 4.79 Å². The van der Waals surface area contributed by atoms with Crippen LogP contribution in [0.15, 0.2) is 24.3 Å². The van der Waals surface area contributed by atoms with Crippen LogP contribution in [-0.2, 0) is 10.0 Å². The minimum atomic E-state index is -3.18. The summed E-state index contributed by atoms with van der Waals surface area (Å²) in [6, 6.07) is 7.64. The van der Waals surface area contributed by atoms with Crippen LogP contribution in [0, 0.1) is 0 Å². The number of hydrogen-bond donors (Lipinski definition) is 0. The van der Waals surface area contributed by atoms with Crippen LogP contribution in [-0.4, -0.2) is 59.8 Å². The predicted octanol–water partition coefficient (Wildman–Crippen LogP) is 1.40. The van der Waals surface area contributed by atoms with Crippen molar-refractivity contribution in [2.45, 2.75) is 6.92 Å². The lowest BCUT2D eigenvalue weighted by atomic mass is 10.2. The summed E-state index contributed by atoms with van der Waals surface area (Å²) in [5.74, 6) is -0.0245. The van der Waals surface area contributed by atoms with Gasteiger partial charge < -0.3 is 4.90 Å². The van der Waals surface area contributed by atoms with Crippen LogP contribution in [0.1, 0.15) is 17.4 Å². The fourth-order valence-electron chi connectivity index (χ4n) is 2.54. The van der Waals surface area contributed by atoms with Crippen LogP contribution in [0.25, 0.3) is 10.1 Å². The van der Waals surface area contributed by atoms with Gasteiger partial charge in [0.1, 0.15) is 5.69 Å². The lowest BCUT2D eigenvalue weighted by Crippen LogP contribution is -2.50. The quantitative estimate of drug-likeness (QED) is 0.847. The van der Waals surface area contributed by atoms with E-state index >= 15 is 0 Å². The van der Waals surface area contributed by atoms with Crippen molar-refractivity contribution in [1.82, 2.24) is 13.6 Å². The van der Waals surface area contributed by atoms with Gasteiger partial charge in [0, 0.05) is 31.6 Å². The number of piperazine rings is 1. The average molecular weight is 339 g/mol. The second-order valence-electron chi connectivity index (χ2n) is 5.12. The first-order valence-corrected chi connectivity index (χ1v) is 9.52. The summed E-state index contributed by atoms with van der Waals surface area (Å²) < 4.78 is 30.4. The van der Waals surface area contributed by atoms with E-state index in [1.807, 2.05) is 24.3 Å². The Bertz CT molecular complexity index is 793. The summed E-state index contributed by atoms with van der Waals surface area (Å²) in [5, 5.41) is 0.862. The molecule has 1 fully saturated rings. The lowest BCUT2D eigenvalue weighted by Gasteiger charge is -2.33. The Morgan fingerprint density at radius 3 is 2.59 bits per heavy atom. The van der Waals surface area contributed by atoms with E-state index < -0.39 is 10.0 Å². The zero-order valence-corrected chi connectivity index (χ0v) is 13.9. The van der Waals surface area contributed by atoms with Crippen molar-refractivity contribution in [3.8, 4) is 0 Å². The fourth-order valence-corrected chi connectivity index (χ4v) is 4.40. The van der Waals surface area contributed by atoms with Crippen molar-refractivity contribution < 1.29 is 13.2 Å². The molecule has 0 bridgehead atoms. The van der Waals surface area contributed by atoms with Gasteiger partial charge in [-0.05, 0) is 24.5 Å². The van der Waals surface area contributed by atoms with Crippen molar-refractivity contribution in [1.29, 1.82) is 0 Å². The zero-order chi connectivity index (χ0) is 15.7. The van der Waals surface area contributed by atoms with Crippen LogP contribution >= 0.6 is 11.5 Å². The molecule has 2 heterocycles. The molecule has 3 rings (SSSR count). The number of aromatic nitrogens is 1. The summed E-state index contributed by atoms with van der Waals surface area (Å²) in [5.41, 5.74) is 0.465. The topological polar surface area (TPSA) is 70.6 Å². The summed E-state index contributed by atoms with van der Waals surface area (Å²) in [6.45, 7) is 3.15. The maximum Gasteiger partial charge on any atom is 0.274 e. The summed E-state index contributed by atoms with van der Waals surface area (Å²) in [4.78, 5) is 14.3. The molecule has 0 N–H and O–H groups in total. The third-order valence-electron chi connectivity index (χ3n) is 3.86. The number of carbonyl (C=O) groups excluding carboxylic acids is 1. The molecule has 0 spiro atoms. The van der Waals surface area contributed by atoms with Crippen molar-refractivity contribution in [2.24, 2.45) is 0 Å². The molecule has 0 saturated carbocycles. The Morgan fingerprint density at radius 1 is 1.23 bits per heavy atom. The van der Waals surface area contributed by atoms with Crippen LogP contribution in [0.3, 0.4) is 0 Å².